The Morgan fingerprint density at radius 3 is 2.88 bits per heavy atom. The van der Waals surface area contributed by atoms with Crippen LogP contribution in [0.1, 0.15) is 48.0 Å². The van der Waals surface area contributed by atoms with Crippen molar-refractivity contribution < 1.29 is 14.3 Å². The van der Waals surface area contributed by atoms with Crippen LogP contribution in [0.25, 0.3) is 0 Å². The minimum atomic E-state index is -0.171. The van der Waals surface area contributed by atoms with Gasteiger partial charge in [-0.2, -0.15) is 0 Å². The minimum Gasteiger partial charge on any atom is -0.371 e. The van der Waals surface area contributed by atoms with Gasteiger partial charge in [0, 0.05) is 37.8 Å². The maximum Gasteiger partial charge on any atom is 0.255 e. The second kappa shape index (κ2) is 6.99. The summed E-state index contributed by atoms with van der Waals surface area (Å²) in [7, 11) is 0. The average Bonchev–Trinajstić information content (AvgIpc) is 2.62. The summed E-state index contributed by atoms with van der Waals surface area (Å²) in [5.74, 6) is 0.758. The van der Waals surface area contributed by atoms with E-state index in [0.717, 1.165) is 44.3 Å². The summed E-state index contributed by atoms with van der Waals surface area (Å²) in [5, 5.41) is 0. The van der Waals surface area contributed by atoms with Crippen molar-refractivity contribution in [2.24, 2.45) is 5.92 Å². The smallest absolute Gasteiger partial charge is 0.255 e. The van der Waals surface area contributed by atoms with Crippen molar-refractivity contribution in [1.82, 2.24) is 14.8 Å². The standard InChI is InChI=1S/C20H27N3O3/c1-15-8-17(10-21-9-15)19(25)23-13-20(14-23)6-5-16(12-26-20)11-22-7-3-2-4-18(22)24/h8-10,16H,2-7,11-14H2,1H3. The molecule has 4 heterocycles. The van der Waals surface area contributed by atoms with E-state index < -0.39 is 0 Å². The number of pyridine rings is 1. The van der Waals surface area contributed by atoms with Gasteiger partial charge in [-0.25, -0.2) is 0 Å². The van der Waals surface area contributed by atoms with E-state index in [4.69, 9.17) is 4.74 Å². The van der Waals surface area contributed by atoms with Crippen molar-refractivity contribution in [2.45, 2.75) is 44.6 Å². The predicted octanol–water partition coefficient (Wildman–Crippen LogP) is 2.02. The quantitative estimate of drug-likeness (QED) is 0.830. The van der Waals surface area contributed by atoms with Crippen LogP contribution < -0.4 is 0 Å². The summed E-state index contributed by atoms with van der Waals surface area (Å²) in [5.41, 5.74) is 1.47. The van der Waals surface area contributed by atoms with Gasteiger partial charge in [-0.15, -0.1) is 0 Å². The normalized spacial score (nSPS) is 25.3. The van der Waals surface area contributed by atoms with Gasteiger partial charge in [-0.3, -0.25) is 14.6 Å². The Labute approximate surface area is 154 Å². The van der Waals surface area contributed by atoms with E-state index in [0.29, 0.717) is 43.5 Å². The summed E-state index contributed by atoms with van der Waals surface area (Å²) in [4.78, 5) is 32.5. The molecule has 1 aromatic rings. The van der Waals surface area contributed by atoms with Crippen LogP contribution in [-0.4, -0.2) is 65.0 Å². The van der Waals surface area contributed by atoms with E-state index in [2.05, 4.69) is 4.98 Å². The topological polar surface area (TPSA) is 62.7 Å². The Hall–Kier alpha value is -1.95. The minimum absolute atomic E-state index is 0.0384. The van der Waals surface area contributed by atoms with Gasteiger partial charge in [0.25, 0.3) is 5.91 Å². The van der Waals surface area contributed by atoms with Crippen LogP contribution in [-0.2, 0) is 9.53 Å². The van der Waals surface area contributed by atoms with Crippen LogP contribution >= 0.6 is 0 Å². The second-order valence-electron chi connectivity index (χ2n) is 8.11. The monoisotopic (exact) mass is 357 g/mol. The summed E-state index contributed by atoms with van der Waals surface area (Å²) in [6.45, 7) is 5.68. The Morgan fingerprint density at radius 2 is 2.19 bits per heavy atom. The largest absolute Gasteiger partial charge is 0.371 e. The average molecular weight is 357 g/mol. The lowest BCUT2D eigenvalue weighted by Gasteiger charge is -2.53. The zero-order chi connectivity index (χ0) is 18.1. The molecule has 6 nitrogen and oxygen atoms in total. The fourth-order valence-electron chi connectivity index (χ4n) is 4.32. The highest BCUT2D eigenvalue weighted by Crippen LogP contribution is 2.37. The van der Waals surface area contributed by atoms with Gasteiger partial charge in [0.2, 0.25) is 5.91 Å². The van der Waals surface area contributed by atoms with E-state index in [1.54, 1.807) is 12.4 Å². The van der Waals surface area contributed by atoms with Gasteiger partial charge in [-0.1, -0.05) is 0 Å². The third kappa shape index (κ3) is 3.47. The van der Waals surface area contributed by atoms with Crippen molar-refractivity contribution in [3.63, 3.8) is 0 Å². The summed E-state index contributed by atoms with van der Waals surface area (Å²) in [6.07, 6.45) is 8.27. The van der Waals surface area contributed by atoms with Crippen molar-refractivity contribution in [3.8, 4) is 0 Å². The molecule has 0 bridgehead atoms. The van der Waals surface area contributed by atoms with Crippen LogP contribution in [0, 0.1) is 12.8 Å². The van der Waals surface area contributed by atoms with E-state index >= 15 is 0 Å². The van der Waals surface area contributed by atoms with Gasteiger partial charge in [0.1, 0.15) is 5.60 Å². The molecule has 6 heteroatoms. The Kier molecular flexibility index (Phi) is 4.69. The number of nitrogens with zero attached hydrogens (tertiary/aromatic N) is 3. The Morgan fingerprint density at radius 1 is 1.35 bits per heavy atom. The van der Waals surface area contributed by atoms with Crippen LogP contribution in [0.15, 0.2) is 18.5 Å². The second-order valence-corrected chi connectivity index (χ2v) is 8.11. The van der Waals surface area contributed by atoms with E-state index in [-0.39, 0.29) is 11.5 Å². The molecule has 0 saturated carbocycles. The van der Waals surface area contributed by atoms with Gasteiger partial charge >= 0.3 is 0 Å². The molecule has 0 radical (unpaired) electrons. The van der Waals surface area contributed by atoms with E-state index in [9.17, 15) is 9.59 Å². The number of aryl methyl sites for hydroxylation is 1. The first-order valence-corrected chi connectivity index (χ1v) is 9.67. The third-order valence-electron chi connectivity index (χ3n) is 5.90. The molecule has 2 amide bonds. The number of amides is 2. The van der Waals surface area contributed by atoms with Gasteiger partial charge in [0.15, 0.2) is 0 Å². The number of rotatable bonds is 3. The highest BCUT2D eigenvalue weighted by Gasteiger charge is 2.48. The van der Waals surface area contributed by atoms with Crippen molar-refractivity contribution in [3.05, 3.63) is 29.6 Å². The molecule has 1 unspecified atom stereocenters. The van der Waals surface area contributed by atoms with E-state index in [1.165, 1.54) is 0 Å². The number of carbonyl (C=O) groups excluding carboxylic acids is 2. The van der Waals surface area contributed by atoms with Gasteiger partial charge in [-0.05, 0) is 44.2 Å². The molecule has 0 aromatic carbocycles. The Balaban J connectivity index is 1.27. The summed E-state index contributed by atoms with van der Waals surface area (Å²) >= 11 is 0. The molecule has 26 heavy (non-hydrogen) atoms. The first-order valence-electron chi connectivity index (χ1n) is 9.67. The molecule has 1 atom stereocenters. The van der Waals surface area contributed by atoms with Crippen molar-refractivity contribution >= 4 is 11.8 Å². The maximum atomic E-state index is 12.6. The molecule has 140 valence electrons. The molecule has 3 aliphatic rings. The number of likely N-dealkylation sites (tertiary alicyclic amines) is 2. The molecule has 3 aliphatic heterocycles. The highest BCUT2D eigenvalue weighted by atomic mass is 16.5. The first kappa shape index (κ1) is 17.5. The third-order valence-corrected chi connectivity index (χ3v) is 5.90. The van der Waals surface area contributed by atoms with Crippen LogP contribution in [0.5, 0.6) is 0 Å². The number of hydrogen-bond donors (Lipinski definition) is 0. The molecule has 3 saturated heterocycles. The van der Waals surface area contributed by atoms with Gasteiger partial charge < -0.3 is 14.5 Å². The maximum absolute atomic E-state index is 12.6. The molecule has 1 aromatic heterocycles. The van der Waals surface area contributed by atoms with Gasteiger partial charge in [0.05, 0.1) is 25.3 Å². The molecule has 0 aliphatic carbocycles. The number of hydrogen-bond acceptors (Lipinski definition) is 4. The lowest BCUT2D eigenvalue weighted by Crippen LogP contribution is -2.66. The van der Waals surface area contributed by atoms with E-state index in [1.807, 2.05) is 22.8 Å². The van der Waals surface area contributed by atoms with Crippen molar-refractivity contribution in [1.29, 1.82) is 0 Å². The first-order chi connectivity index (χ1) is 12.5. The van der Waals surface area contributed by atoms with Crippen LogP contribution in [0.2, 0.25) is 0 Å². The zero-order valence-corrected chi connectivity index (χ0v) is 15.4. The van der Waals surface area contributed by atoms with Crippen LogP contribution in [0.4, 0.5) is 0 Å². The highest BCUT2D eigenvalue weighted by molar-refractivity contribution is 5.94. The molecule has 3 fully saturated rings. The number of carbonyl (C=O) groups is 2. The fraction of sp³-hybridized carbons (Fsp3) is 0.650. The zero-order valence-electron chi connectivity index (χ0n) is 15.4. The molecule has 4 rings (SSSR count). The molecule has 1 spiro atoms. The summed E-state index contributed by atoms with van der Waals surface area (Å²) in [6, 6.07) is 1.88. The molecular weight excluding hydrogens is 330 g/mol. The predicted molar refractivity (Wildman–Crippen MR) is 96.7 cm³/mol. The van der Waals surface area contributed by atoms with Crippen molar-refractivity contribution in [2.75, 3.05) is 32.8 Å². The molecular formula is C20H27N3O3. The number of piperidine rings is 1. The summed E-state index contributed by atoms with van der Waals surface area (Å²) < 4.78 is 6.18. The SMILES string of the molecule is Cc1cncc(C(=O)N2CC3(CCC(CN4CCCCC4=O)CO3)C2)c1. The van der Waals surface area contributed by atoms with Crippen LogP contribution in [0.3, 0.4) is 0 Å². The fourth-order valence-corrected chi connectivity index (χ4v) is 4.32. The lowest BCUT2D eigenvalue weighted by atomic mass is 9.82. The Bertz CT molecular complexity index is 689. The lowest BCUT2D eigenvalue weighted by molar-refractivity contribution is -0.170. The number of ether oxygens (including phenoxy) is 1. The molecule has 0 N–H and O–H groups in total. The number of aromatic nitrogens is 1.